The minimum absolute atomic E-state index is 0.233. The van der Waals surface area contributed by atoms with Crippen LogP contribution in [-0.2, 0) is 6.54 Å². The first-order valence-corrected chi connectivity index (χ1v) is 8.43. The second-order valence-corrected chi connectivity index (χ2v) is 6.76. The molecule has 1 N–H and O–H groups in total. The summed E-state index contributed by atoms with van der Waals surface area (Å²) in [4.78, 5) is 15.4. The van der Waals surface area contributed by atoms with Gasteiger partial charge in [0.2, 0.25) is 0 Å². The molecule has 0 radical (unpaired) electrons. The maximum absolute atomic E-state index is 10.7. The molecule has 0 unspecified atom stereocenters. The fraction of sp³-hybridized carbons (Fsp3) is 0.375. The molecule has 122 valence electrons. The van der Waals surface area contributed by atoms with E-state index in [1.807, 2.05) is 18.2 Å². The maximum Gasteiger partial charge on any atom is 0.324 e. The molecule has 0 saturated carbocycles. The van der Waals surface area contributed by atoms with Crippen LogP contribution >= 0.6 is 11.3 Å². The number of piperazine rings is 1. The first-order chi connectivity index (χ1) is 11.2. The Balaban J connectivity index is 1.54. The number of rotatable bonds is 5. The lowest BCUT2D eigenvalue weighted by atomic mass is 10.2. The van der Waals surface area contributed by atoms with E-state index in [0.717, 1.165) is 43.4 Å². The van der Waals surface area contributed by atoms with Gasteiger partial charge in [0.15, 0.2) is 0 Å². The lowest BCUT2D eigenvalue weighted by molar-refractivity contribution is -0.914. The third-order valence-electron chi connectivity index (χ3n) is 4.16. The van der Waals surface area contributed by atoms with Gasteiger partial charge in [0.1, 0.15) is 12.3 Å². The van der Waals surface area contributed by atoms with Gasteiger partial charge < -0.3 is 14.5 Å². The Hall–Kier alpha value is -2.12. The molecular formula is C16H20N3O3S+. The molecule has 1 saturated heterocycles. The molecule has 1 aromatic heterocycles. The van der Waals surface area contributed by atoms with E-state index in [1.54, 1.807) is 13.2 Å². The van der Waals surface area contributed by atoms with Gasteiger partial charge in [-0.3, -0.25) is 10.1 Å². The second kappa shape index (κ2) is 6.97. The van der Waals surface area contributed by atoms with E-state index in [9.17, 15) is 10.1 Å². The molecule has 1 fully saturated rings. The number of nitrogens with one attached hydrogen (secondary N) is 1. The number of anilines is 1. The van der Waals surface area contributed by atoms with Crippen LogP contribution in [-0.4, -0.2) is 38.2 Å². The van der Waals surface area contributed by atoms with Crippen molar-refractivity contribution in [2.45, 2.75) is 6.54 Å². The molecule has 6 nitrogen and oxygen atoms in total. The van der Waals surface area contributed by atoms with Crippen LogP contribution in [0.3, 0.4) is 0 Å². The molecule has 2 aromatic rings. The SMILES string of the molecule is COc1ccc(N2CC[NH+](Cc3ccc([N+](=O)[O-])s3)CC2)cc1. The molecule has 0 amide bonds. The van der Waals surface area contributed by atoms with Gasteiger partial charge in [-0.15, -0.1) is 0 Å². The summed E-state index contributed by atoms with van der Waals surface area (Å²) in [6.45, 7) is 4.94. The number of methoxy groups -OCH3 is 1. The van der Waals surface area contributed by atoms with Crippen LogP contribution < -0.4 is 14.5 Å². The zero-order valence-electron chi connectivity index (χ0n) is 13.0. The minimum atomic E-state index is -0.314. The van der Waals surface area contributed by atoms with Gasteiger partial charge in [-0.2, -0.15) is 0 Å². The standard InChI is InChI=1S/C16H19N3O3S/c1-22-14-4-2-13(3-5-14)18-10-8-17(9-11-18)12-15-6-7-16(23-15)19(20)21/h2-7H,8-12H2,1H3/p+1. The van der Waals surface area contributed by atoms with Crippen LogP contribution in [0.25, 0.3) is 0 Å². The molecule has 0 aliphatic carbocycles. The molecule has 1 aliphatic rings. The summed E-state index contributed by atoms with van der Waals surface area (Å²) < 4.78 is 5.19. The van der Waals surface area contributed by atoms with Crippen LogP contribution in [0.4, 0.5) is 10.7 Å². The summed E-state index contributed by atoms with van der Waals surface area (Å²) in [5, 5.41) is 11.0. The Bertz CT molecular complexity index is 663. The third-order valence-corrected chi connectivity index (χ3v) is 5.20. The molecule has 23 heavy (non-hydrogen) atoms. The Morgan fingerprint density at radius 1 is 1.22 bits per heavy atom. The third kappa shape index (κ3) is 3.80. The van der Waals surface area contributed by atoms with Crippen molar-refractivity contribution >= 4 is 22.0 Å². The summed E-state index contributed by atoms with van der Waals surface area (Å²) in [7, 11) is 1.67. The number of hydrogen-bond donors (Lipinski definition) is 1. The van der Waals surface area contributed by atoms with Crippen molar-refractivity contribution in [2.24, 2.45) is 0 Å². The van der Waals surface area contributed by atoms with Crippen LogP contribution in [0.2, 0.25) is 0 Å². The molecule has 1 aliphatic heterocycles. The summed E-state index contributed by atoms with van der Waals surface area (Å²) in [5.41, 5.74) is 1.22. The van der Waals surface area contributed by atoms with Gasteiger partial charge in [-0.1, -0.05) is 11.3 Å². The van der Waals surface area contributed by atoms with Gasteiger partial charge in [-0.25, -0.2) is 0 Å². The van der Waals surface area contributed by atoms with Crippen LogP contribution in [0.15, 0.2) is 36.4 Å². The monoisotopic (exact) mass is 334 g/mol. The highest BCUT2D eigenvalue weighted by atomic mass is 32.1. The quantitative estimate of drug-likeness (QED) is 0.666. The van der Waals surface area contributed by atoms with E-state index in [1.165, 1.54) is 21.9 Å². The molecule has 0 atom stereocenters. The number of ether oxygens (including phenoxy) is 1. The van der Waals surface area contributed by atoms with E-state index in [4.69, 9.17) is 4.74 Å². The first kappa shape index (κ1) is 15.8. The van der Waals surface area contributed by atoms with E-state index in [2.05, 4.69) is 17.0 Å². The Morgan fingerprint density at radius 3 is 2.48 bits per heavy atom. The van der Waals surface area contributed by atoms with E-state index in [-0.39, 0.29) is 9.92 Å². The second-order valence-electron chi connectivity index (χ2n) is 5.61. The zero-order valence-corrected chi connectivity index (χ0v) is 13.8. The fourth-order valence-corrected chi connectivity index (χ4v) is 3.75. The van der Waals surface area contributed by atoms with Crippen LogP contribution in [0.5, 0.6) is 5.75 Å². The average molecular weight is 334 g/mol. The summed E-state index contributed by atoms with van der Waals surface area (Å²) in [6.07, 6.45) is 0. The van der Waals surface area contributed by atoms with Gasteiger partial charge in [0.05, 0.1) is 43.1 Å². The first-order valence-electron chi connectivity index (χ1n) is 7.61. The predicted octanol–water partition coefficient (Wildman–Crippen LogP) is 1.57. The van der Waals surface area contributed by atoms with E-state index >= 15 is 0 Å². The topological polar surface area (TPSA) is 60.0 Å². The van der Waals surface area contributed by atoms with Crippen molar-refractivity contribution in [3.05, 3.63) is 51.4 Å². The fourth-order valence-electron chi connectivity index (χ4n) is 2.86. The number of thiophene rings is 1. The van der Waals surface area contributed by atoms with Crippen molar-refractivity contribution < 1.29 is 14.6 Å². The normalized spacial score (nSPS) is 15.6. The smallest absolute Gasteiger partial charge is 0.324 e. The number of benzene rings is 1. The van der Waals surface area contributed by atoms with Gasteiger partial charge in [0, 0.05) is 11.8 Å². The van der Waals surface area contributed by atoms with Gasteiger partial charge in [0.25, 0.3) is 0 Å². The van der Waals surface area contributed by atoms with Crippen molar-refractivity contribution in [3.63, 3.8) is 0 Å². The number of nitro groups is 1. The number of nitrogens with zero attached hydrogens (tertiary/aromatic N) is 2. The lowest BCUT2D eigenvalue weighted by Gasteiger charge is -2.33. The lowest BCUT2D eigenvalue weighted by Crippen LogP contribution is -3.13. The van der Waals surface area contributed by atoms with Crippen molar-refractivity contribution in [2.75, 3.05) is 38.2 Å². The molecule has 2 heterocycles. The Kier molecular flexibility index (Phi) is 4.78. The predicted molar refractivity (Wildman–Crippen MR) is 90.6 cm³/mol. The number of hydrogen-bond acceptors (Lipinski definition) is 5. The highest BCUT2D eigenvalue weighted by Gasteiger charge is 2.22. The summed E-state index contributed by atoms with van der Waals surface area (Å²) in [6, 6.07) is 11.6. The Morgan fingerprint density at radius 2 is 1.91 bits per heavy atom. The van der Waals surface area contributed by atoms with Crippen LogP contribution in [0, 0.1) is 10.1 Å². The van der Waals surface area contributed by atoms with Crippen LogP contribution in [0.1, 0.15) is 4.88 Å². The van der Waals surface area contributed by atoms with Crippen molar-refractivity contribution in [1.29, 1.82) is 0 Å². The molecule has 0 bridgehead atoms. The highest BCUT2D eigenvalue weighted by Crippen LogP contribution is 2.23. The van der Waals surface area contributed by atoms with E-state index in [0.29, 0.717) is 0 Å². The minimum Gasteiger partial charge on any atom is -0.497 e. The summed E-state index contributed by atoms with van der Waals surface area (Å²) in [5.74, 6) is 0.873. The van der Waals surface area contributed by atoms with Crippen molar-refractivity contribution in [1.82, 2.24) is 0 Å². The molecule has 7 heteroatoms. The maximum atomic E-state index is 10.7. The van der Waals surface area contributed by atoms with E-state index < -0.39 is 0 Å². The van der Waals surface area contributed by atoms with Gasteiger partial charge >= 0.3 is 5.00 Å². The zero-order chi connectivity index (χ0) is 16.2. The average Bonchev–Trinajstić information content (AvgIpc) is 3.04. The van der Waals surface area contributed by atoms with Crippen molar-refractivity contribution in [3.8, 4) is 5.75 Å². The highest BCUT2D eigenvalue weighted by molar-refractivity contribution is 7.15. The molecule has 0 spiro atoms. The summed E-state index contributed by atoms with van der Waals surface area (Å²) >= 11 is 1.29. The largest absolute Gasteiger partial charge is 0.497 e. The van der Waals surface area contributed by atoms with Gasteiger partial charge in [-0.05, 0) is 30.3 Å². The molecule has 3 rings (SSSR count). The number of quaternary nitrogens is 1. The molecule has 1 aromatic carbocycles. The Labute approximate surface area is 139 Å². The molecular weight excluding hydrogens is 314 g/mol.